The second kappa shape index (κ2) is 15.7. The molecule has 9 nitrogen and oxygen atoms in total. The Hall–Kier alpha value is -3.89. The summed E-state index contributed by atoms with van der Waals surface area (Å²) in [7, 11) is 0. The smallest absolute Gasteiger partial charge is 0.408 e. The van der Waals surface area contributed by atoms with Gasteiger partial charge in [0, 0.05) is 38.1 Å². The highest BCUT2D eigenvalue weighted by Crippen LogP contribution is 2.30. The molecule has 0 bridgehead atoms. The molecular weight excluding hydrogens is 576 g/mol. The van der Waals surface area contributed by atoms with Gasteiger partial charge in [0.2, 0.25) is 5.91 Å². The summed E-state index contributed by atoms with van der Waals surface area (Å²) in [6.07, 6.45) is 1.31. The Kier molecular flexibility index (Phi) is 11.8. The highest BCUT2D eigenvalue weighted by Gasteiger charge is 2.32. The van der Waals surface area contributed by atoms with Gasteiger partial charge in [-0.3, -0.25) is 9.69 Å². The molecule has 0 unspecified atom stereocenters. The molecule has 0 radical (unpaired) electrons. The summed E-state index contributed by atoms with van der Waals surface area (Å²) in [5.41, 5.74) is 2.09. The van der Waals surface area contributed by atoms with E-state index in [0.717, 1.165) is 0 Å². The minimum Gasteiger partial charge on any atom is -0.462 e. The molecule has 4 rings (SSSR count). The van der Waals surface area contributed by atoms with Crippen LogP contribution in [0, 0.1) is 0 Å². The van der Waals surface area contributed by atoms with Crippen molar-refractivity contribution in [3.8, 4) is 0 Å². The maximum atomic E-state index is 13.9. The summed E-state index contributed by atoms with van der Waals surface area (Å²) < 4.78 is 10.6. The molecule has 1 aliphatic rings. The molecule has 0 aliphatic carbocycles. The van der Waals surface area contributed by atoms with Crippen LogP contribution in [-0.4, -0.2) is 82.9 Å². The van der Waals surface area contributed by atoms with Gasteiger partial charge in [-0.1, -0.05) is 60.7 Å². The number of hydrogen-bond acceptors (Lipinski definition) is 8. The minimum atomic E-state index is -0.794. The molecule has 1 saturated heterocycles. The Balaban J connectivity index is 1.44. The van der Waals surface area contributed by atoms with Crippen molar-refractivity contribution in [1.29, 1.82) is 0 Å². The number of alkyl carbamates (subject to hydrolysis) is 1. The molecular formula is C34H42N4O5S. The van der Waals surface area contributed by atoms with Crippen molar-refractivity contribution in [3.05, 3.63) is 95.7 Å². The second-order valence-corrected chi connectivity index (χ2v) is 12.6. The number of rotatable bonds is 11. The number of carbonyl (C=O) groups excluding carboxylic acids is 3. The van der Waals surface area contributed by atoms with Crippen LogP contribution >= 0.6 is 11.8 Å². The van der Waals surface area contributed by atoms with Crippen LogP contribution in [0.2, 0.25) is 0 Å². The Bertz CT molecular complexity index is 1340. The summed E-state index contributed by atoms with van der Waals surface area (Å²) in [6.45, 7) is 9.80. The lowest BCUT2D eigenvalue weighted by atomic mass is 9.96. The molecule has 1 aliphatic heterocycles. The number of benzene rings is 2. The SMILES string of the molecule is CCOC(=O)c1cccnc1SCC[C@H](NC(=O)OC(C)(C)C)C(=O)N1CCN(C(c2ccccc2)c2ccccc2)CC1. The highest BCUT2D eigenvalue weighted by atomic mass is 32.2. The zero-order valence-electron chi connectivity index (χ0n) is 25.9. The van der Waals surface area contributed by atoms with Crippen LogP contribution in [0.5, 0.6) is 0 Å². The van der Waals surface area contributed by atoms with Crippen molar-refractivity contribution < 1.29 is 23.9 Å². The fourth-order valence-corrected chi connectivity index (χ4v) is 6.15. The number of esters is 1. The van der Waals surface area contributed by atoms with E-state index in [2.05, 4.69) is 63.7 Å². The van der Waals surface area contributed by atoms with Crippen LogP contribution in [0.25, 0.3) is 0 Å². The number of ether oxygens (including phenoxy) is 2. The van der Waals surface area contributed by atoms with Gasteiger partial charge in [0.25, 0.3) is 0 Å². The first-order chi connectivity index (χ1) is 21.2. The molecule has 1 aromatic heterocycles. The summed E-state index contributed by atoms with van der Waals surface area (Å²) in [5, 5.41) is 3.33. The summed E-state index contributed by atoms with van der Waals surface area (Å²) >= 11 is 1.35. The van der Waals surface area contributed by atoms with Crippen molar-refractivity contribution in [1.82, 2.24) is 20.1 Å². The monoisotopic (exact) mass is 618 g/mol. The second-order valence-electron chi connectivity index (χ2n) is 11.5. The Morgan fingerprint density at radius 1 is 0.909 bits per heavy atom. The third-order valence-electron chi connectivity index (χ3n) is 7.12. The van der Waals surface area contributed by atoms with Crippen molar-refractivity contribution in [2.24, 2.45) is 0 Å². The number of piperazine rings is 1. The average Bonchev–Trinajstić information content (AvgIpc) is 3.01. The fourth-order valence-electron chi connectivity index (χ4n) is 5.16. The van der Waals surface area contributed by atoms with Gasteiger partial charge in [-0.2, -0.15) is 0 Å². The number of thioether (sulfide) groups is 1. The Morgan fingerprint density at radius 3 is 2.09 bits per heavy atom. The predicted octanol–water partition coefficient (Wildman–Crippen LogP) is 5.57. The molecule has 2 aromatic carbocycles. The van der Waals surface area contributed by atoms with Gasteiger partial charge in [0.05, 0.1) is 18.2 Å². The minimum absolute atomic E-state index is 0.0775. The summed E-state index contributed by atoms with van der Waals surface area (Å²) in [6, 6.07) is 23.5. The molecule has 1 N–H and O–H groups in total. The first-order valence-electron chi connectivity index (χ1n) is 15.0. The molecule has 0 spiro atoms. The van der Waals surface area contributed by atoms with Gasteiger partial charge in [-0.15, -0.1) is 11.8 Å². The Labute approximate surface area is 264 Å². The van der Waals surface area contributed by atoms with E-state index in [9.17, 15) is 14.4 Å². The fraction of sp³-hybridized carbons (Fsp3) is 0.412. The largest absolute Gasteiger partial charge is 0.462 e. The van der Waals surface area contributed by atoms with Crippen LogP contribution in [0.15, 0.2) is 84.0 Å². The summed E-state index contributed by atoms with van der Waals surface area (Å²) in [4.78, 5) is 47.6. The average molecular weight is 619 g/mol. The maximum Gasteiger partial charge on any atom is 0.408 e. The van der Waals surface area contributed by atoms with Crippen LogP contribution < -0.4 is 5.32 Å². The van der Waals surface area contributed by atoms with E-state index < -0.39 is 23.7 Å². The molecule has 3 aromatic rings. The normalized spacial score (nSPS) is 14.6. The van der Waals surface area contributed by atoms with E-state index in [-0.39, 0.29) is 18.6 Å². The van der Waals surface area contributed by atoms with E-state index in [4.69, 9.17) is 9.47 Å². The van der Waals surface area contributed by atoms with Crippen LogP contribution in [-0.2, 0) is 14.3 Å². The van der Waals surface area contributed by atoms with Crippen molar-refractivity contribution >= 4 is 29.7 Å². The van der Waals surface area contributed by atoms with Gasteiger partial charge in [-0.05, 0) is 57.4 Å². The molecule has 234 valence electrons. The van der Waals surface area contributed by atoms with E-state index in [1.54, 1.807) is 46.0 Å². The van der Waals surface area contributed by atoms with Gasteiger partial charge >= 0.3 is 12.1 Å². The van der Waals surface area contributed by atoms with Gasteiger partial charge < -0.3 is 19.7 Å². The number of carbonyl (C=O) groups is 3. The number of pyridine rings is 1. The van der Waals surface area contributed by atoms with E-state index in [1.807, 2.05) is 17.0 Å². The molecule has 1 atom stereocenters. The number of hydrogen-bond donors (Lipinski definition) is 1. The standard InChI is InChI=1S/C34H42N4O5S/c1-5-42-32(40)27-17-12-19-35-30(27)44-24-18-28(36-33(41)43-34(2,3)4)31(39)38-22-20-37(21-23-38)29(25-13-8-6-9-14-25)26-15-10-7-11-16-26/h6-17,19,28-29H,5,18,20-24H2,1-4H3,(H,36,41)/t28-/m0/s1. The Morgan fingerprint density at radius 2 is 1.52 bits per heavy atom. The topological polar surface area (TPSA) is 101 Å². The molecule has 1 fully saturated rings. The molecule has 0 saturated carbocycles. The van der Waals surface area contributed by atoms with Crippen LogP contribution in [0.3, 0.4) is 0 Å². The first kappa shape index (κ1) is 33.0. The zero-order chi connectivity index (χ0) is 31.5. The third-order valence-corrected chi connectivity index (χ3v) is 8.16. The number of nitrogens with zero attached hydrogens (tertiary/aromatic N) is 3. The number of amides is 2. The lowest BCUT2D eigenvalue weighted by Gasteiger charge is -2.40. The lowest BCUT2D eigenvalue weighted by Crippen LogP contribution is -2.56. The zero-order valence-corrected chi connectivity index (χ0v) is 26.7. The number of aromatic nitrogens is 1. The van der Waals surface area contributed by atoms with Crippen molar-refractivity contribution in [2.45, 2.75) is 56.8 Å². The quantitative estimate of drug-likeness (QED) is 0.220. The number of nitrogens with one attached hydrogen (secondary N) is 1. The van der Waals surface area contributed by atoms with Gasteiger partial charge in [0.15, 0.2) is 0 Å². The van der Waals surface area contributed by atoms with Gasteiger partial charge in [0.1, 0.15) is 16.7 Å². The maximum absolute atomic E-state index is 13.9. The van der Waals surface area contributed by atoms with E-state index >= 15 is 0 Å². The molecule has 44 heavy (non-hydrogen) atoms. The first-order valence-corrected chi connectivity index (χ1v) is 16.0. The van der Waals surface area contributed by atoms with Crippen molar-refractivity contribution in [3.63, 3.8) is 0 Å². The lowest BCUT2D eigenvalue weighted by molar-refractivity contribution is -0.135. The highest BCUT2D eigenvalue weighted by molar-refractivity contribution is 7.99. The molecule has 2 heterocycles. The van der Waals surface area contributed by atoms with E-state index in [1.165, 1.54) is 22.9 Å². The summed E-state index contributed by atoms with van der Waals surface area (Å²) in [5.74, 6) is -0.150. The predicted molar refractivity (Wildman–Crippen MR) is 172 cm³/mol. The van der Waals surface area contributed by atoms with E-state index in [0.29, 0.717) is 48.9 Å². The van der Waals surface area contributed by atoms with Crippen LogP contribution in [0.4, 0.5) is 4.79 Å². The van der Waals surface area contributed by atoms with Gasteiger partial charge in [-0.25, -0.2) is 14.6 Å². The molecule has 2 amide bonds. The third kappa shape index (κ3) is 9.30. The van der Waals surface area contributed by atoms with Crippen molar-refractivity contribution in [2.75, 3.05) is 38.5 Å². The molecule has 10 heteroatoms. The van der Waals surface area contributed by atoms with Crippen LogP contribution in [0.1, 0.15) is 61.6 Å².